The van der Waals surface area contributed by atoms with Gasteiger partial charge in [0.15, 0.2) is 0 Å². The molecule has 0 radical (unpaired) electrons. The third-order valence-corrected chi connectivity index (χ3v) is 5.04. The molecule has 0 spiro atoms. The first kappa shape index (κ1) is 19.7. The van der Waals surface area contributed by atoms with Gasteiger partial charge >= 0.3 is 11.7 Å². The fourth-order valence-electron chi connectivity index (χ4n) is 2.71. The molecule has 28 heavy (non-hydrogen) atoms. The average molecular weight is 401 g/mol. The standard InChI is InChI=1S/C19H19N3O5S/c1-10(14-8-12-6-4-5-7-13(12)27-14)20-15(23)9-28-17-16(18(24)26-3)11(2)21-19(25)22-17/h4-8,10H,9H2,1-3H3,(H,20,23)(H,21,22,25)/t10-/m0/s1. The van der Waals surface area contributed by atoms with Gasteiger partial charge < -0.3 is 19.5 Å². The molecule has 0 bridgehead atoms. The van der Waals surface area contributed by atoms with Gasteiger partial charge in [-0.05, 0) is 26.0 Å². The number of hydrogen-bond acceptors (Lipinski definition) is 7. The highest BCUT2D eigenvalue weighted by atomic mass is 32.2. The number of fused-ring (bicyclic) bond motifs is 1. The molecule has 0 aliphatic carbocycles. The lowest BCUT2D eigenvalue weighted by atomic mass is 10.2. The quantitative estimate of drug-likeness (QED) is 0.371. The summed E-state index contributed by atoms with van der Waals surface area (Å²) in [7, 11) is 1.24. The van der Waals surface area contributed by atoms with Crippen molar-refractivity contribution in [3.8, 4) is 0 Å². The Labute approximate surface area is 164 Å². The number of H-pyrrole nitrogens is 1. The summed E-state index contributed by atoms with van der Waals surface area (Å²) in [4.78, 5) is 42.2. The van der Waals surface area contributed by atoms with Crippen LogP contribution in [-0.4, -0.2) is 34.7 Å². The number of hydrogen-bond donors (Lipinski definition) is 2. The van der Waals surface area contributed by atoms with Crippen LogP contribution in [0, 0.1) is 6.92 Å². The van der Waals surface area contributed by atoms with E-state index in [-0.39, 0.29) is 28.3 Å². The number of aromatic nitrogens is 2. The number of furan rings is 1. The van der Waals surface area contributed by atoms with Crippen molar-refractivity contribution < 1.29 is 18.7 Å². The summed E-state index contributed by atoms with van der Waals surface area (Å²) in [5, 5.41) is 3.95. The van der Waals surface area contributed by atoms with Crippen molar-refractivity contribution >= 4 is 34.6 Å². The van der Waals surface area contributed by atoms with Crippen LogP contribution in [0.1, 0.15) is 34.8 Å². The number of benzene rings is 1. The van der Waals surface area contributed by atoms with Gasteiger partial charge in [-0.25, -0.2) is 9.59 Å². The van der Waals surface area contributed by atoms with E-state index in [0.717, 1.165) is 22.7 Å². The Balaban J connectivity index is 1.69. The zero-order valence-corrected chi connectivity index (χ0v) is 16.4. The maximum atomic E-state index is 12.3. The van der Waals surface area contributed by atoms with Crippen molar-refractivity contribution in [3.63, 3.8) is 0 Å². The van der Waals surface area contributed by atoms with Crippen molar-refractivity contribution in [2.24, 2.45) is 0 Å². The number of nitrogens with zero attached hydrogens (tertiary/aromatic N) is 1. The Morgan fingerprint density at radius 2 is 2.11 bits per heavy atom. The number of methoxy groups -OCH3 is 1. The Kier molecular flexibility index (Phi) is 5.84. The van der Waals surface area contributed by atoms with Gasteiger partial charge in [0, 0.05) is 11.1 Å². The first-order chi connectivity index (χ1) is 13.4. The summed E-state index contributed by atoms with van der Waals surface area (Å²) in [5.74, 6) is -0.294. The molecule has 2 N–H and O–H groups in total. The minimum Gasteiger partial charge on any atom is -0.465 e. The van der Waals surface area contributed by atoms with Gasteiger partial charge in [-0.1, -0.05) is 30.0 Å². The number of carbonyl (C=O) groups excluding carboxylic acids is 2. The monoisotopic (exact) mass is 401 g/mol. The second-order valence-electron chi connectivity index (χ2n) is 6.10. The van der Waals surface area contributed by atoms with Crippen molar-refractivity contribution in [1.82, 2.24) is 15.3 Å². The molecular formula is C19H19N3O5S. The van der Waals surface area contributed by atoms with Crippen LogP contribution in [0.25, 0.3) is 11.0 Å². The molecule has 0 unspecified atom stereocenters. The highest BCUT2D eigenvalue weighted by molar-refractivity contribution is 8.00. The molecule has 9 heteroatoms. The Morgan fingerprint density at radius 1 is 1.36 bits per heavy atom. The lowest BCUT2D eigenvalue weighted by molar-refractivity contribution is -0.119. The van der Waals surface area contributed by atoms with E-state index >= 15 is 0 Å². The van der Waals surface area contributed by atoms with E-state index in [1.165, 1.54) is 7.11 Å². The van der Waals surface area contributed by atoms with Crippen LogP contribution in [0.2, 0.25) is 0 Å². The van der Waals surface area contributed by atoms with Crippen molar-refractivity contribution in [2.75, 3.05) is 12.9 Å². The van der Waals surface area contributed by atoms with Gasteiger partial charge in [-0.3, -0.25) is 4.79 Å². The molecule has 1 amide bonds. The van der Waals surface area contributed by atoms with Crippen LogP contribution in [0.15, 0.2) is 44.6 Å². The zero-order valence-electron chi connectivity index (χ0n) is 15.6. The van der Waals surface area contributed by atoms with E-state index < -0.39 is 11.7 Å². The normalized spacial score (nSPS) is 12.0. The molecule has 0 aliphatic rings. The van der Waals surface area contributed by atoms with Crippen molar-refractivity contribution in [2.45, 2.75) is 24.9 Å². The van der Waals surface area contributed by atoms with E-state index in [9.17, 15) is 14.4 Å². The van der Waals surface area contributed by atoms with Gasteiger partial charge in [0.1, 0.15) is 21.9 Å². The Hall–Kier alpha value is -3.07. The largest absolute Gasteiger partial charge is 0.465 e. The van der Waals surface area contributed by atoms with E-state index in [1.54, 1.807) is 6.92 Å². The van der Waals surface area contributed by atoms with E-state index in [1.807, 2.05) is 37.3 Å². The lowest BCUT2D eigenvalue weighted by Gasteiger charge is -2.12. The predicted molar refractivity (Wildman–Crippen MR) is 104 cm³/mol. The first-order valence-electron chi connectivity index (χ1n) is 8.49. The minimum atomic E-state index is -0.625. The maximum Gasteiger partial charge on any atom is 0.346 e. The number of thioether (sulfide) groups is 1. The highest BCUT2D eigenvalue weighted by Crippen LogP contribution is 2.24. The molecule has 8 nitrogen and oxygen atoms in total. The predicted octanol–water partition coefficient (Wildman–Crippen LogP) is 2.58. The Morgan fingerprint density at radius 3 is 2.82 bits per heavy atom. The number of nitrogens with one attached hydrogen (secondary N) is 2. The van der Waals surface area contributed by atoms with Crippen LogP contribution in [0.4, 0.5) is 0 Å². The van der Waals surface area contributed by atoms with Crippen LogP contribution in [0.3, 0.4) is 0 Å². The fraction of sp³-hybridized carbons (Fsp3) is 0.263. The van der Waals surface area contributed by atoms with E-state index in [4.69, 9.17) is 9.15 Å². The molecule has 1 aromatic carbocycles. The summed E-state index contributed by atoms with van der Waals surface area (Å²) >= 11 is 0.995. The van der Waals surface area contributed by atoms with Crippen LogP contribution < -0.4 is 11.0 Å². The summed E-state index contributed by atoms with van der Waals surface area (Å²) in [6.07, 6.45) is 0. The van der Waals surface area contributed by atoms with Gasteiger partial charge in [0.05, 0.1) is 18.9 Å². The molecule has 1 atom stereocenters. The smallest absolute Gasteiger partial charge is 0.346 e. The number of aromatic amines is 1. The molecule has 0 fully saturated rings. The van der Waals surface area contributed by atoms with Gasteiger partial charge in [0.25, 0.3) is 0 Å². The molecule has 0 saturated carbocycles. The summed E-state index contributed by atoms with van der Waals surface area (Å²) < 4.78 is 10.5. The van der Waals surface area contributed by atoms with Crippen LogP contribution in [-0.2, 0) is 9.53 Å². The maximum absolute atomic E-state index is 12.3. The third kappa shape index (κ3) is 4.25. The topological polar surface area (TPSA) is 114 Å². The lowest BCUT2D eigenvalue weighted by Crippen LogP contribution is -2.28. The number of esters is 1. The van der Waals surface area contributed by atoms with Crippen molar-refractivity contribution in [1.29, 1.82) is 0 Å². The number of amides is 1. The number of carbonyl (C=O) groups is 2. The highest BCUT2D eigenvalue weighted by Gasteiger charge is 2.20. The van der Waals surface area contributed by atoms with Crippen molar-refractivity contribution in [3.05, 3.63) is 57.8 Å². The zero-order chi connectivity index (χ0) is 20.3. The van der Waals surface area contributed by atoms with Crippen LogP contribution in [0.5, 0.6) is 0 Å². The SMILES string of the molecule is COC(=O)c1c(SCC(=O)N[C@@H](C)c2cc3ccccc3o2)nc(=O)[nH]c1C. The number of para-hydroxylation sites is 1. The van der Waals surface area contributed by atoms with Gasteiger partial charge in [-0.2, -0.15) is 4.98 Å². The molecule has 0 saturated heterocycles. The third-order valence-electron chi connectivity index (χ3n) is 4.06. The molecule has 3 rings (SSSR count). The van der Waals surface area contributed by atoms with Gasteiger partial charge in [0.2, 0.25) is 5.91 Å². The van der Waals surface area contributed by atoms with Gasteiger partial charge in [-0.15, -0.1) is 0 Å². The number of rotatable bonds is 6. The first-order valence-corrected chi connectivity index (χ1v) is 9.47. The van der Waals surface area contributed by atoms with Crippen LogP contribution >= 0.6 is 11.8 Å². The molecule has 2 heterocycles. The molecule has 146 valence electrons. The second kappa shape index (κ2) is 8.30. The van der Waals surface area contributed by atoms with E-state index in [2.05, 4.69) is 15.3 Å². The summed E-state index contributed by atoms with van der Waals surface area (Å²) in [6.45, 7) is 3.39. The average Bonchev–Trinajstić information content (AvgIpc) is 3.10. The molecular weight excluding hydrogens is 382 g/mol. The molecule has 2 aromatic heterocycles. The second-order valence-corrected chi connectivity index (χ2v) is 7.07. The fourth-order valence-corrected chi connectivity index (χ4v) is 3.59. The molecule has 3 aromatic rings. The summed E-state index contributed by atoms with van der Waals surface area (Å²) in [6, 6.07) is 9.13. The van der Waals surface area contributed by atoms with E-state index in [0.29, 0.717) is 11.5 Å². The Bertz CT molecular complexity index is 1060. The minimum absolute atomic E-state index is 0.0234. The number of aryl methyl sites for hydroxylation is 1. The number of ether oxygens (including phenoxy) is 1. The molecule has 0 aliphatic heterocycles. The summed E-state index contributed by atoms with van der Waals surface area (Å²) in [5.41, 5.74) is 0.637.